The van der Waals surface area contributed by atoms with E-state index >= 15 is 0 Å². The number of nitrogens with zero attached hydrogens (tertiary/aromatic N) is 2. The fraction of sp³-hybridized carbons (Fsp3) is 0.467. The number of amides is 1. The maximum atomic E-state index is 11.9. The first kappa shape index (κ1) is 15.0. The number of hydrogen-bond donors (Lipinski definition) is 0. The molecule has 19 heavy (non-hydrogen) atoms. The second-order valence-electron chi connectivity index (χ2n) is 4.29. The number of ether oxygens (including phenoxy) is 1. The van der Waals surface area contributed by atoms with Gasteiger partial charge in [-0.2, -0.15) is 5.26 Å². The average molecular weight is 260 g/mol. The van der Waals surface area contributed by atoms with Gasteiger partial charge in [0.05, 0.1) is 12.7 Å². The molecule has 4 heteroatoms. The third-order valence-electron chi connectivity index (χ3n) is 2.85. The van der Waals surface area contributed by atoms with Crippen molar-refractivity contribution in [3.05, 3.63) is 29.8 Å². The van der Waals surface area contributed by atoms with Gasteiger partial charge in [-0.1, -0.05) is 19.1 Å². The van der Waals surface area contributed by atoms with Crippen LogP contribution in [-0.4, -0.2) is 24.5 Å². The minimum absolute atomic E-state index is 0.0177. The molecule has 0 N–H and O–H groups in total. The van der Waals surface area contributed by atoms with Crippen LogP contribution in [0.1, 0.15) is 38.3 Å². The van der Waals surface area contributed by atoms with Crippen molar-refractivity contribution < 1.29 is 9.53 Å². The standard InChI is InChI=1S/C15H20N2O2/c1-4-7-15(18)17(3)14(11-16)12-8-6-9-13(10-12)19-5-2/h6,8-10,14H,4-5,7H2,1-3H3. The lowest BCUT2D eigenvalue weighted by atomic mass is 10.1. The normalized spacial score (nSPS) is 11.5. The number of benzene rings is 1. The SMILES string of the molecule is CCCC(=O)N(C)C(C#N)c1cccc(OCC)c1. The molecule has 0 aliphatic heterocycles. The van der Waals surface area contributed by atoms with Gasteiger partial charge in [0.2, 0.25) is 5.91 Å². The lowest BCUT2D eigenvalue weighted by Gasteiger charge is -2.23. The van der Waals surface area contributed by atoms with Crippen molar-refractivity contribution in [3.8, 4) is 11.8 Å². The molecule has 0 aliphatic rings. The third-order valence-corrected chi connectivity index (χ3v) is 2.85. The number of carbonyl (C=O) groups is 1. The summed E-state index contributed by atoms with van der Waals surface area (Å²) in [6, 6.07) is 8.94. The van der Waals surface area contributed by atoms with Crippen molar-refractivity contribution in [1.29, 1.82) is 5.26 Å². The zero-order valence-corrected chi connectivity index (χ0v) is 11.7. The number of nitriles is 1. The van der Waals surface area contributed by atoms with E-state index in [0.29, 0.717) is 13.0 Å². The molecule has 0 radical (unpaired) electrons. The predicted molar refractivity (Wildman–Crippen MR) is 73.6 cm³/mol. The predicted octanol–water partition coefficient (Wildman–Crippen LogP) is 2.91. The monoisotopic (exact) mass is 260 g/mol. The Morgan fingerprint density at radius 2 is 2.21 bits per heavy atom. The molecule has 0 heterocycles. The van der Waals surface area contributed by atoms with Gasteiger partial charge in [-0.05, 0) is 31.0 Å². The fourth-order valence-electron chi connectivity index (χ4n) is 1.86. The number of rotatable bonds is 6. The molecule has 1 atom stereocenters. The first-order valence-corrected chi connectivity index (χ1v) is 6.52. The van der Waals surface area contributed by atoms with Crippen LogP contribution >= 0.6 is 0 Å². The molecule has 0 saturated carbocycles. The quantitative estimate of drug-likeness (QED) is 0.790. The Balaban J connectivity index is 2.94. The van der Waals surface area contributed by atoms with Gasteiger partial charge in [-0.25, -0.2) is 0 Å². The molecule has 0 fully saturated rings. The molecular weight excluding hydrogens is 240 g/mol. The molecular formula is C15H20N2O2. The highest BCUT2D eigenvalue weighted by Crippen LogP contribution is 2.23. The molecule has 1 amide bonds. The van der Waals surface area contributed by atoms with Crippen LogP contribution < -0.4 is 4.74 Å². The van der Waals surface area contributed by atoms with E-state index in [4.69, 9.17) is 4.74 Å². The summed E-state index contributed by atoms with van der Waals surface area (Å²) >= 11 is 0. The summed E-state index contributed by atoms with van der Waals surface area (Å²) in [4.78, 5) is 13.4. The van der Waals surface area contributed by atoms with Crippen molar-refractivity contribution >= 4 is 5.91 Å². The van der Waals surface area contributed by atoms with E-state index in [0.717, 1.165) is 17.7 Å². The van der Waals surface area contributed by atoms with Crippen molar-refractivity contribution in [2.45, 2.75) is 32.7 Å². The summed E-state index contributed by atoms with van der Waals surface area (Å²) in [7, 11) is 1.67. The van der Waals surface area contributed by atoms with Gasteiger partial charge in [0.1, 0.15) is 11.8 Å². The minimum Gasteiger partial charge on any atom is -0.494 e. The summed E-state index contributed by atoms with van der Waals surface area (Å²) in [6.07, 6.45) is 1.24. The topological polar surface area (TPSA) is 53.3 Å². The van der Waals surface area contributed by atoms with Crippen molar-refractivity contribution in [1.82, 2.24) is 4.90 Å². The highest BCUT2D eigenvalue weighted by molar-refractivity contribution is 5.76. The van der Waals surface area contributed by atoms with Gasteiger partial charge < -0.3 is 9.64 Å². The summed E-state index contributed by atoms with van der Waals surface area (Å²) in [5, 5.41) is 9.30. The molecule has 4 nitrogen and oxygen atoms in total. The number of carbonyl (C=O) groups excluding carboxylic acids is 1. The van der Waals surface area contributed by atoms with Crippen LogP contribution in [-0.2, 0) is 4.79 Å². The van der Waals surface area contributed by atoms with E-state index in [1.54, 1.807) is 7.05 Å². The van der Waals surface area contributed by atoms with Gasteiger partial charge in [0.15, 0.2) is 0 Å². The van der Waals surface area contributed by atoms with E-state index in [9.17, 15) is 10.1 Å². The second kappa shape index (κ2) is 7.42. The molecule has 0 bridgehead atoms. The second-order valence-corrected chi connectivity index (χ2v) is 4.29. The maximum Gasteiger partial charge on any atom is 0.223 e. The highest BCUT2D eigenvalue weighted by Gasteiger charge is 2.20. The first-order valence-electron chi connectivity index (χ1n) is 6.52. The molecule has 0 saturated heterocycles. The Kier molecular flexibility index (Phi) is 5.87. The summed E-state index contributed by atoms with van der Waals surface area (Å²) in [5.74, 6) is 0.701. The smallest absolute Gasteiger partial charge is 0.223 e. The van der Waals surface area contributed by atoms with E-state index < -0.39 is 6.04 Å². The fourth-order valence-corrected chi connectivity index (χ4v) is 1.86. The Morgan fingerprint density at radius 1 is 1.47 bits per heavy atom. The van der Waals surface area contributed by atoms with E-state index in [1.165, 1.54) is 4.90 Å². The van der Waals surface area contributed by atoms with Crippen LogP contribution in [0.2, 0.25) is 0 Å². The average Bonchev–Trinajstić information content (AvgIpc) is 2.40. The van der Waals surface area contributed by atoms with E-state index in [1.807, 2.05) is 38.1 Å². The van der Waals surface area contributed by atoms with Crippen LogP contribution in [0.25, 0.3) is 0 Å². The summed E-state index contributed by atoms with van der Waals surface area (Å²) in [6.45, 7) is 4.43. The molecule has 0 aliphatic carbocycles. The van der Waals surface area contributed by atoms with Gasteiger partial charge in [-0.3, -0.25) is 4.79 Å². The van der Waals surface area contributed by atoms with Gasteiger partial charge >= 0.3 is 0 Å². The third kappa shape index (κ3) is 3.99. The zero-order chi connectivity index (χ0) is 14.3. The van der Waals surface area contributed by atoms with E-state index in [2.05, 4.69) is 6.07 Å². The van der Waals surface area contributed by atoms with Crippen molar-refractivity contribution in [3.63, 3.8) is 0 Å². The minimum atomic E-state index is -0.570. The van der Waals surface area contributed by atoms with Crippen LogP contribution in [0.5, 0.6) is 5.75 Å². The van der Waals surface area contributed by atoms with E-state index in [-0.39, 0.29) is 5.91 Å². The maximum absolute atomic E-state index is 11.9. The van der Waals surface area contributed by atoms with Gasteiger partial charge in [0, 0.05) is 13.5 Å². The van der Waals surface area contributed by atoms with Gasteiger partial charge in [-0.15, -0.1) is 0 Å². The molecule has 102 valence electrons. The zero-order valence-electron chi connectivity index (χ0n) is 11.7. The summed E-state index contributed by atoms with van der Waals surface area (Å²) < 4.78 is 5.42. The van der Waals surface area contributed by atoms with Crippen molar-refractivity contribution in [2.24, 2.45) is 0 Å². The Hall–Kier alpha value is -2.02. The molecule has 1 aromatic carbocycles. The summed E-state index contributed by atoms with van der Waals surface area (Å²) in [5.41, 5.74) is 0.778. The lowest BCUT2D eigenvalue weighted by molar-refractivity contribution is -0.131. The molecule has 1 unspecified atom stereocenters. The first-order chi connectivity index (χ1) is 9.13. The Morgan fingerprint density at radius 3 is 2.79 bits per heavy atom. The van der Waals surface area contributed by atoms with Crippen LogP contribution in [0, 0.1) is 11.3 Å². The van der Waals surface area contributed by atoms with Crippen molar-refractivity contribution in [2.75, 3.05) is 13.7 Å². The van der Waals surface area contributed by atoms with Crippen LogP contribution in [0.4, 0.5) is 0 Å². The highest BCUT2D eigenvalue weighted by atomic mass is 16.5. The molecule has 1 aromatic rings. The van der Waals surface area contributed by atoms with Gasteiger partial charge in [0.25, 0.3) is 0 Å². The molecule has 1 rings (SSSR count). The largest absolute Gasteiger partial charge is 0.494 e. The van der Waals surface area contributed by atoms with Crippen LogP contribution in [0.3, 0.4) is 0 Å². The Bertz CT molecular complexity index is 465. The Labute approximate surface area is 114 Å². The lowest BCUT2D eigenvalue weighted by Crippen LogP contribution is -2.30. The number of hydrogen-bond acceptors (Lipinski definition) is 3. The molecule has 0 spiro atoms. The van der Waals surface area contributed by atoms with Crippen LogP contribution in [0.15, 0.2) is 24.3 Å². The molecule has 0 aromatic heterocycles.